The number of benzene rings is 2. The van der Waals surface area contributed by atoms with Gasteiger partial charge in [-0.1, -0.05) is 55.7 Å². The number of fused-ring (bicyclic) bond motifs is 1. The van der Waals surface area contributed by atoms with E-state index in [9.17, 15) is 4.57 Å². The van der Waals surface area contributed by atoms with Crippen molar-refractivity contribution in [3.63, 3.8) is 0 Å². The molecule has 1 unspecified atom stereocenters. The predicted molar refractivity (Wildman–Crippen MR) is 106 cm³/mol. The lowest BCUT2D eigenvalue weighted by molar-refractivity contribution is 0.284. The first-order valence-electron chi connectivity index (χ1n) is 9.54. The Bertz CT molecular complexity index is 851. The van der Waals surface area contributed by atoms with E-state index < -0.39 is 7.37 Å². The molecule has 2 aromatic rings. The zero-order valence-corrected chi connectivity index (χ0v) is 16.1. The van der Waals surface area contributed by atoms with Gasteiger partial charge < -0.3 is 9.26 Å². The zero-order valence-electron chi connectivity index (χ0n) is 15.2. The molecular formula is C22H25O3P. The zero-order chi connectivity index (χ0) is 18.0. The highest BCUT2D eigenvalue weighted by Crippen LogP contribution is 2.55. The first-order valence-corrected chi connectivity index (χ1v) is 11.2. The van der Waals surface area contributed by atoms with E-state index in [4.69, 9.17) is 9.26 Å². The van der Waals surface area contributed by atoms with E-state index in [2.05, 4.69) is 12.1 Å². The number of rotatable bonds is 4. The van der Waals surface area contributed by atoms with Gasteiger partial charge in [0, 0.05) is 11.7 Å². The second kappa shape index (κ2) is 7.42. The molecule has 0 amide bonds. The van der Waals surface area contributed by atoms with Crippen LogP contribution in [0.25, 0.3) is 11.1 Å². The first kappa shape index (κ1) is 17.6. The molecular weight excluding hydrogens is 343 g/mol. The van der Waals surface area contributed by atoms with Gasteiger partial charge in [0.1, 0.15) is 11.5 Å². The molecule has 0 radical (unpaired) electrons. The molecule has 1 heterocycles. The Labute approximate surface area is 155 Å². The molecule has 136 valence electrons. The van der Waals surface area contributed by atoms with E-state index >= 15 is 0 Å². The largest absolute Gasteiger partial charge is 0.460 e. The van der Waals surface area contributed by atoms with Gasteiger partial charge in [-0.25, -0.2) is 0 Å². The van der Waals surface area contributed by atoms with Crippen molar-refractivity contribution in [2.75, 3.05) is 6.61 Å². The normalized spacial score (nSPS) is 23.0. The molecule has 3 nitrogen and oxygen atoms in total. The minimum Gasteiger partial charge on any atom is -0.460 e. The standard InChI is InChI=1S/C22H25O3P/c1-2-24-26(23)16-21(18-11-7-4-8-12-18)25-20-14-13-19(15-22(20)26)17-9-5-3-6-10-17/h3,5-6,9-10,13-16,18H,2,4,7-8,11-12H2,1H3. The highest BCUT2D eigenvalue weighted by Gasteiger charge is 2.35. The van der Waals surface area contributed by atoms with Crippen molar-refractivity contribution in [1.29, 1.82) is 0 Å². The van der Waals surface area contributed by atoms with Gasteiger partial charge in [0.2, 0.25) is 0 Å². The molecule has 0 bridgehead atoms. The van der Waals surface area contributed by atoms with Crippen molar-refractivity contribution in [1.82, 2.24) is 0 Å². The quantitative estimate of drug-likeness (QED) is 0.611. The summed E-state index contributed by atoms with van der Waals surface area (Å²) >= 11 is 0. The summed E-state index contributed by atoms with van der Waals surface area (Å²) in [7, 11) is -3.06. The van der Waals surface area contributed by atoms with E-state index in [1.54, 1.807) is 5.82 Å². The van der Waals surface area contributed by atoms with Crippen LogP contribution >= 0.6 is 7.37 Å². The summed E-state index contributed by atoms with van der Waals surface area (Å²) in [6.07, 6.45) is 5.92. The third kappa shape index (κ3) is 3.39. The Morgan fingerprint density at radius 2 is 1.81 bits per heavy atom. The topological polar surface area (TPSA) is 35.5 Å². The molecule has 0 spiro atoms. The number of hydrogen-bond donors (Lipinski definition) is 0. The maximum absolute atomic E-state index is 13.7. The second-order valence-electron chi connectivity index (χ2n) is 7.03. The van der Waals surface area contributed by atoms with Crippen molar-refractivity contribution in [3.05, 3.63) is 60.1 Å². The van der Waals surface area contributed by atoms with Crippen LogP contribution in [0.15, 0.2) is 60.1 Å². The van der Waals surface area contributed by atoms with E-state index in [1.165, 1.54) is 19.3 Å². The van der Waals surface area contributed by atoms with Crippen LogP contribution in [0.2, 0.25) is 0 Å². The van der Waals surface area contributed by atoms with Crippen LogP contribution in [0.4, 0.5) is 0 Å². The fourth-order valence-corrected chi connectivity index (χ4v) is 6.00. The molecule has 26 heavy (non-hydrogen) atoms. The molecule has 2 aliphatic rings. The summed E-state index contributed by atoms with van der Waals surface area (Å²) in [4.78, 5) is 0. The van der Waals surface area contributed by atoms with Crippen LogP contribution in [0.5, 0.6) is 5.75 Å². The van der Waals surface area contributed by atoms with Gasteiger partial charge in [0.15, 0.2) is 0 Å². The number of hydrogen-bond acceptors (Lipinski definition) is 3. The molecule has 1 atom stereocenters. The Morgan fingerprint density at radius 1 is 1.04 bits per heavy atom. The minimum absolute atomic E-state index is 0.361. The molecule has 4 rings (SSSR count). The van der Waals surface area contributed by atoms with Crippen molar-refractivity contribution < 1.29 is 13.8 Å². The molecule has 0 saturated heterocycles. The van der Waals surface area contributed by atoms with E-state index in [0.29, 0.717) is 23.6 Å². The number of allylic oxidation sites excluding steroid dienone is 1. The monoisotopic (exact) mass is 368 g/mol. The summed E-state index contributed by atoms with van der Waals surface area (Å²) in [5, 5.41) is 0.681. The Morgan fingerprint density at radius 3 is 2.54 bits per heavy atom. The van der Waals surface area contributed by atoms with Crippen LogP contribution in [0, 0.1) is 5.92 Å². The third-order valence-electron chi connectivity index (χ3n) is 5.26. The molecule has 0 aromatic heterocycles. The lowest BCUT2D eigenvalue weighted by atomic mass is 9.88. The molecule has 1 fully saturated rings. The lowest BCUT2D eigenvalue weighted by Crippen LogP contribution is -2.22. The SMILES string of the molecule is CCOP1(=O)C=C(C2CCCCC2)Oc2ccc(-c3ccccc3)cc21. The van der Waals surface area contributed by atoms with E-state index in [-0.39, 0.29) is 0 Å². The summed E-state index contributed by atoms with van der Waals surface area (Å²) in [5.41, 5.74) is 2.13. The van der Waals surface area contributed by atoms with Crippen molar-refractivity contribution in [2.45, 2.75) is 39.0 Å². The van der Waals surface area contributed by atoms with Gasteiger partial charge >= 0.3 is 0 Å². The summed E-state index contributed by atoms with van der Waals surface area (Å²) in [6.45, 7) is 2.31. The fraction of sp³-hybridized carbons (Fsp3) is 0.364. The Kier molecular flexibility index (Phi) is 5.02. The summed E-state index contributed by atoms with van der Waals surface area (Å²) in [5.74, 6) is 3.69. The van der Waals surface area contributed by atoms with Crippen LogP contribution in [-0.4, -0.2) is 6.61 Å². The van der Waals surface area contributed by atoms with Crippen LogP contribution in [-0.2, 0) is 9.09 Å². The molecule has 1 aliphatic heterocycles. The highest BCUT2D eigenvalue weighted by atomic mass is 31.2. The predicted octanol–water partition coefficient (Wildman–Crippen LogP) is 6.11. The Hall–Kier alpha value is -1.83. The smallest absolute Gasteiger partial charge is 0.261 e. The third-order valence-corrected chi connectivity index (χ3v) is 7.51. The Balaban J connectivity index is 1.75. The van der Waals surface area contributed by atoms with Gasteiger partial charge in [0.05, 0.1) is 11.9 Å². The van der Waals surface area contributed by atoms with Gasteiger partial charge in [-0.15, -0.1) is 0 Å². The second-order valence-corrected chi connectivity index (χ2v) is 9.22. The van der Waals surface area contributed by atoms with Crippen LogP contribution in [0.3, 0.4) is 0 Å². The summed E-state index contributed by atoms with van der Waals surface area (Å²) < 4.78 is 25.7. The first-order chi connectivity index (χ1) is 12.7. The van der Waals surface area contributed by atoms with E-state index in [0.717, 1.165) is 29.7 Å². The number of ether oxygens (including phenoxy) is 1. The molecule has 2 aromatic carbocycles. The van der Waals surface area contributed by atoms with Gasteiger partial charge in [0.25, 0.3) is 7.37 Å². The highest BCUT2D eigenvalue weighted by molar-refractivity contribution is 7.70. The molecule has 1 aliphatic carbocycles. The van der Waals surface area contributed by atoms with E-state index in [1.807, 2.05) is 43.3 Å². The van der Waals surface area contributed by atoms with Crippen molar-refractivity contribution in [2.24, 2.45) is 5.92 Å². The maximum atomic E-state index is 13.7. The average molecular weight is 368 g/mol. The minimum atomic E-state index is -3.06. The average Bonchev–Trinajstić information content (AvgIpc) is 2.69. The van der Waals surface area contributed by atoms with Crippen LogP contribution in [0.1, 0.15) is 39.0 Å². The van der Waals surface area contributed by atoms with Crippen molar-refractivity contribution in [3.8, 4) is 16.9 Å². The van der Waals surface area contributed by atoms with Gasteiger partial charge in [-0.2, -0.15) is 0 Å². The molecule has 4 heteroatoms. The van der Waals surface area contributed by atoms with Crippen LogP contribution < -0.4 is 10.0 Å². The lowest BCUT2D eigenvalue weighted by Gasteiger charge is -2.30. The molecule has 0 N–H and O–H groups in total. The molecule has 1 saturated carbocycles. The van der Waals surface area contributed by atoms with Gasteiger partial charge in [-0.3, -0.25) is 4.57 Å². The summed E-state index contributed by atoms with van der Waals surface area (Å²) in [6, 6.07) is 16.1. The maximum Gasteiger partial charge on any atom is 0.261 e. The van der Waals surface area contributed by atoms with Crippen molar-refractivity contribution >= 4 is 12.7 Å². The van der Waals surface area contributed by atoms with Gasteiger partial charge in [-0.05, 0) is 43.0 Å². The fourth-order valence-electron chi connectivity index (χ4n) is 3.92.